The SMILES string of the molecule is CC(C)C(=O)NCc1ccc(C(F)(F)F)c(-c2nc(C(F)(F)F)cc(=O)[nH]2)c1F. The first kappa shape index (κ1) is 22.4. The first-order valence-corrected chi connectivity index (χ1v) is 8.07. The van der Waals surface area contributed by atoms with Crippen molar-refractivity contribution in [3.63, 3.8) is 0 Å². The largest absolute Gasteiger partial charge is 0.433 e. The number of hydrogen-bond acceptors (Lipinski definition) is 3. The van der Waals surface area contributed by atoms with Crippen LogP contribution in [0.15, 0.2) is 23.0 Å². The van der Waals surface area contributed by atoms with Crippen molar-refractivity contribution in [1.82, 2.24) is 15.3 Å². The number of H-pyrrole nitrogens is 1. The molecule has 0 radical (unpaired) electrons. The predicted octanol–water partition coefficient (Wildman–Crippen LogP) is 3.89. The van der Waals surface area contributed by atoms with E-state index in [-0.39, 0.29) is 6.07 Å². The first-order valence-electron chi connectivity index (χ1n) is 8.07. The van der Waals surface area contributed by atoms with Crippen molar-refractivity contribution >= 4 is 5.91 Å². The number of alkyl halides is 6. The Morgan fingerprint density at radius 1 is 1.14 bits per heavy atom. The van der Waals surface area contributed by atoms with Gasteiger partial charge in [-0.3, -0.25) is 9.59 Å². The van der Waals surface area contributed by atoms with Crippen molar-refractivity contribution in [3.8, 4) is 11.4 Å². The second-order valence-electron chi connectivity index (χ2n) is 6.31. The fourth-order valence-electron chi connectivity index (χ4n) is 2.33. The summed E-state index contributed by atoms with van der Waals surface area (Å²) >= 11 is 0. The molecule has 0 aliphatic heterocycles. The van der Waals surface area contributed by atoms with E-state index in [2.05, 4.69) is 10.3 Å². The molecule has 0 spiro atoms. The molecule has 0 bridgehead atoms. The third-order valence-electron chi connectivity index (χ3n) is 3.77. The highest BCUT2D eigenvalue weighted by atomic mass is 19.4. The van der Waals surface area contributed by atoms with E-state index in [0.29, 0.717) is 6.07 Å². The van der Waals surface area contributed by atoms with Crippen LogP contribution in [-0.2, 0) is 23.7 Å². The van der Waals surface area contributed by atoms with Crippen LogP contribution in [0, 0.1) is 11.7 Å². The monoisotopic (exact) mass is 425 g/mol. The molecule has 1 heterocycles. The first-order chi connectivity index (χ1) is 13.2. The number of aromatic nitrogens is 2. The van der Waals surface area contributed by atoms with E-state index in [1.807, 2.05) is 0 Å². The van der Waals surface area contributed by atoms with E-state index in [0.717, 1.165) is 6.07 Å². The number of nitrogens with zero attached hydrogens (tertiary/aromatic N) is 1. The second kappa shape index (κ2) is 7.84. The van der Waals surface area contributed by atoms with E-state index in [9.17, 15) is 40.3 Å². The van der Waals surface area contributed by atoms with Crippen molar-refractivity contribution in [2.45, 2.75) is 32.7 Å². The highest BCUT2D eigenvalue weighted by molar-refractivity contribution is 5.77. The lowest BCUT2D eigenvalue weighted by Gasteiger charge is -2.17. The van der Waals surface area contributed by atoms with Crippen LogP contribution in [0.2, 0.25) is 0 Å². The number of halogens is 7. The van der Waals surface area contributed by atoms with E-state index < -0.39 is 70.3 Å². The molecule has 5 nitrogen and oxygen atoms in total. The number of aromatic amines is 1. The molecule has 0 saturated heterocycles. The molecule has 0 fully saturated rings. The Morgan fingerprint density at radius 2 is 1.76 bits per heavy atom. The average molecular weight is 425 g/mol. The number of amides is 1. The van der Waals surface area contributed by atoms with Crippen LogP contribution < -0.4 is 10.9 Å². The minimum atomic E-state index is -5.15. The van der Waals surface area contributed by atoms with E-state index in [1.165, 1.54) is 13.8 Å². The minimum Gasteiger partial charge on any atom is -0.352 e. The van der Waals surface area contributed by atoms with Gasteiger partial charge >= 0.3 is 12.4 Å². The van der Waals surface area contributed by atoms with E-state index >= 15 is 0 Å². The molecule has 1 aromatic heterocycles. The summed E-state index contributed by atoms with van der Waals surface area (Å²) in [4.78, 5) is 27.8. The molecule has 0 saturated carbocycles. The topological polar surface area (TPSA) is 74.8 Å². The molecular formula is C17H14F7N3O2. The van der Waals surface area contributed by atoms with Gasteiger partial charge in [0.25, 0.3) is 5.56 Å². The summed E-state index contributed by atoms with van der Waals surface area (Å²) in [5.74, 6) is -3.80. The fraction of sp³-hybridized carbons (Fsp3) is 0.353. The van der Waals surface area contributed by atoms with Crippen molar-refractivity contribution in [2.75, 3.05) is 0 Å². The summed E-state index contributed by atoms with van der Waals surface area (Å²) < 4.78 is 93.5. The Kier molecular flexibility index (Phi) is 6.04. The molecule has 0 aliphatic rings. The molecule has 29 heavy (non-hydrogen) atoms. The molecule has 2 N–H and O–H groups in total. The van der Waals surface area contributed by atoms with Gasteiger partial charge in [0.2, 0.25) is 5.91 Å². The normalized spacial score (nSPS) is 12.3. The minimum absolute atomic E-state index is 0.0430. The van der Waals surface area contributed by atoms with Crippen molar-refractivity contribution in [1.29, 1.82) is 0 Å². The molecular weight excluding hydrogens is 411 g/mol. The van der Waals surface area contributed by atoms with Crippen LogP contribution in [0.25, 0.3) is 11.4 Å². The zero-order valence-electron chi connectivity index (χ0n) is 14.9. The number of carbonyl (C=O) groups is 1. The lowest BCUT2D eigenvalue weighted by atomic mass is 10.0. The van der Waals surface area contributed by atoms with Gasteiger partial charge in [-0.25, -0.2) is 9.37 Å². The highest BCUT2D eigenvalue weighted by Crippen LogP contribution is 2.39. The van der Waals surface area contributed by atoms with Crippen LogP contribution in [0.3, 0.4) is 0 Å². The zero-order valence-corrected chi connectivity index (χ0v) is 14.9. The Labute approximate surface area is 159 Å². The quantitative estimate of drug-likeness (QED) is 0.731. The Bertz CT molecular complexity index is 978. The molecule has 0 unspecified atom stereocenters. The molecule has 0 atom stereocenters. The third-order valence-corrected chi connectivity index (χ3v) is 3.77. The predicted molar refractivity (Wildman–Crippen MR) is 86.9 cm³/mol. The molecule has 0 aliphatic carbocycles. The van der Waals surface area contributed by atoms with Gasteiger partial charge in [0.1, 0.15) is 11.6 Å². The van der Waals surface area contributed by atoms with Crippen LogP contribution in [0.4, 0.5) is 30.7 Å². The van der Waals surface area contributed by atoms with Crippen molar-refractivity contribution < 1.29 is 35.5 Å². The van der Waals surface area contributed by atoms with Gasteiger partial charge in [0, 0.05) is 24.1 Å². The van der Waals surface area contributed by atoms with Gasteiger partial charge < -0.3 is 10.3 Å². The summed E-state index contributed by atoms with van der Waals surface area (Å²) in [6, 6.07) is 1.23. The number of nitrogens with one attached hydrogen (secondary N) is 2. The summed E-state index contributed by atoms with van der Waals surface area (Å²) in [6.07, 6.45) is -10.3. The van der Waals surface area contributed by atoms with Crippen LogP contribution in [0.1, 0.15) is 30.7 Å². The standard InChI is InChI=1S/C17H14F7N3O2/c1-7(2)15(29)25-6-8-3-4-9(16(19,20)21)12(13(8)18)14-26-10(17(22,23)24)5-11(28)27-14/h3-5,7H,6H2,1-2H3,(H,25,29)(H,26,27,28). The smallest absolute Gasteiger partial charge is 0.352 e. The molecule has 158 valence electrons. The van der Waals surface area contributed by atoms with Crippen molar-refractivity contribution in [3.05, 3.63) is 51.2 Å². The summed E-state index contributed by atoms with van der Waals surface area (Å²) in [6.45, 7) is 2.54. The number of benzene rings is 1. The van der Waals surface area contributed by atoms with Gasteiger partial charge in [-0.2, -0.15) is 26.3 Å². The summed E-state index contributed by atoms with van der Waals surface area (Å²) in [7, 11) is 0. The maximum absolute atomic E-state index is 14.9. The maximum Gasteiger partial charge on any atom is 0.433 e. The van der Waals surface area contributed by atoms with Gasteiger partial charge in [0.05, 0.1) is 11.1 Å². The number of rotatable bonds is 4. The van der Waals surface area contributed by atoms with E-state index in [1.54, 1.807) is 4.98 Å². The molecule has 12 heteroatoms. The zero-order chi connectivity index (χ0) is 22.1. The Morgan fingerprint density at radius 3 is 2.28 bits per heavy atom. The number of hydrogen-bond donors (Lipinski definition) is 2. The van der Waals surface area contributed by atoms with Crippen molar-refractivity contribution in [2.24, 2.45) is 5.92 Å². The molecule has 2 aromatic rings. The van der Waals surface area contributed by atoms with Crippen LogP contribution in [0.5, 0.6) is 0 Å². The van der Waals surface area contributed by atoms with Gasteiger partial charge in [-0.15, -0.1) is 0 Å². The van der Waals surface area contributed by atoms with Gasteiger partial charge in [-0.1, -0.05) is 19.9 Å². The van der Waals surface area contributed by atoms with Crippen LogP contribution in [-0.4, -0.2) is 15.9 Å². The third kappa shape index (κ3) is 5.12. The summed E-state index contributed by atoms with van der Waals surface area (Å²) in [5, 5.41) is 2.29. The van der Waals surface area contributed by atoms with Crippen LogP contribution >= 0.6 is 0 Å². The lowest BCUT2D eigenvalue weighted by Crippen LogP contribution is -2.28. The average Bonchev–Trinajstić information content (AvgIpc) is 2.57. The lowest BCUT2D eigenvalue weighted by molar-refractivity contribution is -0.141. The molecule has 1 amide bonds. The Balaban J connectivity index is 2.68. The highest BCUT2D eigenvalue weighted by Gasteiger charge is 2.38. The maximum atomic E-state index is 14.9. The Hall–Kier alpha value is -2.92. The molecule has 1 aromatic carbocycles. The second-order valence-corrected chi connectivity index (χ2v) is 6.31. The van der Waals surface area contributed by atoms with E-state index in [4.69, 9.17) is 0 Å². The fourth-order valence-corrected chi connectivity index (χ4v) is 2.33. The van der Waals surface area contributed by atoms with Gasteiger partial charge in [-0.05, 0) is 6.07 Å². The summed E-state index contributed by atoms with van der Waals surface area (Å²) in [5.41, 5.74) is -6.59. The number of carbonyl (C=O) groups excluding carboxylic acids is 1. The van der Waals surface area contributed by atoms with Gasteiger partial charge in [0.15, 0.2) is 5.69 Å². The molecule has 2 rings (SSSR count).